The first kappa shape index (κ1) is 34.9. The van der Waals surface area contributed by atoms with E-state index in [2.05, 4.69) is 23.9 Å². The van der Waals surface area contributed by atoms with Crippen molar-refractivity contribution >= 4 is 73.2 Å². The molecule has 0 spiro atoms. The zero-order valence-corrected chi connectivity index (χ0v) is 21.8. The number of halogens is 4. The number of amides is 2. The number of thioether (sulfide) groups is 1. The Labute approximate surface area is 209 Å². The van der Waals surface area contributed by atoms with Crippen LogP contribution in [-0.2, 0) is 9.59 Å². The van der Waals surface area contributed by atoms with Gasteiger partial charge in [-0.05, 0) is 26.3 Å². The van der Waals surface area contributed by atoms with Gasteiger partial charge in [0.2, 0.25) is 11.8 Å². The van der Waals surface area contributed by atoms with Crippen LogP contribution >= 0.6 is 61.4 Å². The van der Waals surface area contributed by atoms with E-state index in [0.29, 0.717) is 12.2 Å². The minimum Gasteiger partial charge on any atom is -0.339 e. The Morgan fingerprint density at radius 3 is 1.50 bits per heavy atom. The Balaban J connectivity index is -0.00000182. The molecule has 2 atom stereocenters. The molecule has 2 amide bonds. The second-order valence-corrected chi connectivity index (χ2v) is 8.48. The Morgan fingerprint density at radius 1 is 0.733 bits per heavy atom. The van der Waals surface area contributed by atoms with Crippen LogP contribution in [0.1, 0.15) is 6.42 Å². The quantitative estimate of drug-likeness (QED) is 0.446. The van der Waals surface area contributed by atoms with Crippen molar-refractivity contribution < 1.29 is 9.59 Å². The van der Waals surface area contributed by atoms with Crippen molar-refractivity contribution in [2.45, 2.75) is 18.5 Å². The summed E-state index contributed by atoms with van der Waals surface area (Å²) in [5, 5.41) is 0. The Bertz CT molecular complexity index is 439. The summed E-state index contributed by atoms with van der Waals surface area (Å²) in [6.45, 7) is 6.59. The number of likely N-dealkylation sites (N-methyl/N-ethyl adjacent to an activating group) is 2. The van der Waals surface area contributed by atoms with E-state index in [9.17, 15) is 9.59 Å². The fourth-order valence-corrected chi connectivity index (χ4v) is 4.12. The molecule has 0 aromatic heterocycles. The monoisotopic (exact) mass is 530 g/mol. The first-order valence-corrected chi connectivity index (χ1v) is 10.6. The maximum Gasteiger partial charge on any atom is 0.240 e. The van der Waals surface area contributed by atoms with Gasteiger partial charge in [-0.1, -0.05) is 0 Å². The molecule has 0 unspecified atom stereocenters. The lowest BCUT2D eigenvalue weighted by atomic mass is 10.2. The third kappa shape index (κ3) is 11.2. The molecule has 4 N–H and O–H groups in total. The summed E-state index contributed by atoms with van der Waals surface area (Å²) in [5.41, 5.74) is 12.1. The van der Waals surface area contributed by atoms with Crippen molar-refractivity contribution in [2.75, 3.05) is 78.0 Å². The normalized spacial score (nSPS) is 19.3. The molecule has 0 radical (unpaired) electrons. The van der Waals surface area contributed by atoms with Crippen LogP contribution in [0.2, 0.25) is 0 Å². The number of nitrogens with zero attached hydrogens (tertiary/aromatic N) is 4. The second-order valence-electron chi connectivity index (χ2n) is 7.33. The van der Waals surface area contributed by atoms with E-state index in [4.69, 9.17) is 11.5 Å². The van der Waals surface area contributed by atoms with Gasteiger partial charge in [-0.15, -0.1) is 49.6 Å². The lowest BCUT2D eigenvalue weighted by Gasteiger charge is -2.34. The highest BCUT2D eigenvalue weighted by molar-refractivity contribution is 7.99. The van der Waals surface area contributed by atoms with Gasteiger partial charge >= 0.3 is 0 Å². The number of piperazine rings is 2. The van der Waals surface area contributed by atoms with Gasteiger partial charge in [0.15, 0.2) is 0 Å². The number of carbonyl (C=O) groups excluding carboxylic acids is 2. The fourth-order valence-electron chi connectivity index (χ4n) is 3.14. The van der Waals surface area contributed by atoms with Crippen LogP contribution in [0.25, 0.3) is 0 Å². The van der Waals surface area contributed by atoms with Crippen LogP contribution in [0.5, 0.6) is 0 Å². The van der Waals surface area contributed by atoms with E-state index in [-0.39, 0.29) is 61.4 Å². The topological polar surface area (TPSA) is 99.1 Å². The molecule has 2 saturated heterocycles. The van der Waals surface area contributed by atoms with Gasteiger partial charge in [0.05, 0.1) is 12.1 Å². The molecule has 30 heavy (non-hydrogen) atoms. The zero-order chi connectivity index (χ0) is 19.1. The molecule has 182 valence electrons. The molecule has 2 fully saturated rings. The molecule has 0 aromatic carbocycles. The van der Waals surface area contributed by atoms with Crippen LogP contribution < -0.4 is 11.5 Å². The summed E-state index contributed by atoms with van der Waals surface area (Å²) in [6, 6.07) is -0.941. The van der Waals surface area contributed by atoms with Crippen molar-refractivity contribution in [3.05, 3.63) is 0 Å². The van der Waals surface area contributed by atoms with E-state index >= 15 is 0 Å². The summed E-state index contributed by atoms with van der Waals surface area (Å²) in [7, 11) is 4.12. The van der Waals surface area contributed by atoms with E-state index < -0.39 is 12.1 Å². The van der Waals surface area contributed by atoms with Crippen molar-refractivity contribution in [3.63, 3.8) is 0 Å². The maximum absolute atomic E-state index is 12.4. The van der Waals surface area contributed by atoms with Gasteiger partial charge in [-0.25, -0.2) is 0 Å². The van der Waals surface area contributed by atoms with Gasteiger partial charge in [-0.2, -0.15) is 11.8 Å². The second kappa shape index (κ2) is 17.8. The number of hydrogen-bond acceptors (Lipinski definition) is 7. The van der Waals surface area contributed by atoms with Gasteiger partial charge < -0.3 is 31.1 Å². The average Bonchev–Trinajstić information content (AvgIpc) is 2.65. The minimum absolute atomic E-state index is 0. The molecule has 13 heteroatoms. The summed E-state index contributed by atoms with van der Waals surface area (Å²) in [6.07, 6.45) is 0.616. The number of carbonyl (C=O) groups is 2. The highest BCUT2D eigenvalue weighted by Gasteiger charge is 2.25. The molecule has 0 aromatic rings. The van der Waals surface area contributed by atoms with Crippen molar-refractivity contribution in [1.29, 1.82) is 0 Å². The van der Waals surface area contributed by atoms with Crippen LogP contribution in [-0.4, -0.2) is 121 Å². The van der Waals surface area contributed by atoms with Gasteiger partial charge in [0.25, 0.3) is 0 Å². The average molecular weight is 532 g/mol. The lowest BCUT2D eigenvalue weighted by molar-refractivity contribution is -0.134. The SMILES string of the molecule is CN1CCN(C(=O)[C@@H](N)CCSC[C@H](N)C(=O)N2CCN(C)CC2)CC1.Cl.Cl.Cl.Cl. The molecule has 2 aliphatic rings. The van der Waals surface area contributed by atoms with Crippen LogP contribution in [0.15, 0.2) is 0 Å². The van der Waals surface area contributed by atoms with Crippen LogP contribution in [0.4, 0.5) is 0 Å². The molecule has 2 heterocycles. The molecular weight excluding hydrogens is 494 g/mol. The smallest absolute Gasteiger partial charge is 0.240 e. The highest BCUT2D eigenvalue weighted by Crippen LogP contribution is 2.10. The fraction of sp³-hybridized carbons (Fsp3) is 0.882. The number of nitrogens with two attached hydrogens (primary N) is 2. The predicted molar refractivity (Wildman–Crippen MR) is 135 cm³/mol. The van der Waals surface area contributed by atoms with Gasteiger partial charge in [-0.3, -0.25) is 9.59 Å². The lowest BCUT2D eigenvalue weighted by Crippen LogP contribution is -2.53. The molecule has 8 nitrogen and oxygen atoms in total. The molecule has 2 rings (SSSR count). The summed E-state index contributed by atoms with van der Waals surface area (Å²) < 4.78 is 0. The highest BCUT2D eigenvalue weighted by atomic mass is 35.5. The largest absolute Gasteiger partial charge is 0.339 e. The van der Waals surface area contributed by atoms with E-state index in [1.165, 1.54) is 0 Å². The zero-order valence-electron chi connectivity index (χ0n) is 17.7. The molecule has 2 aliphatic heterocycles. The molecular formula is C17H38Cl4N6O2S. The molecule has 0 bridgehead atoms. The third-order valence-corrected chi connectivity index (χ3v) is 6.25. The van der Waals surface area contributed by atoms with Crippen molar-refractivity contribution in [3.8, 4) is 0 Å². The van der Waals surface area contributed by atoms with Crippen molar-refractivity contribution in [2.24, 2.45) is 11.5 Å². The van der Waals surface area contributed by atoms with Gasteiger partial charge in [0.1, 0.15) is 0 Å². The standard InChI is InChI=1S/C17H34N6O2S.4ClH/c1-20-4-8-22(9-5-20)16(24)14(18)3-12-26-13-15(19)17(25)23-10-6-21(2)7-11-23;;;;/h14-15H,3-13,18-19H2,1-2H3;4*1H/t14-,15-;;;;/m0..../s1. The maximum atomic E-state index is 12.4. The predicted octanol–water partition coefficient (Wildman–Crippen LogP) is -0.000500. The van der Waals surface area contributed by atoms with Crippen LogP contribution in [0, 0.1) is 0 Å². The van der Waals surface area contributed by atoms with Crippen molar-refractivity contribution in [1.82, 2.24) is 19.6 Å². The molecule has 0 aliphatic carbocycles. The summed E-state index contributed by atoms with van der Waals surface area (Å²) in [5.74, 6) is 1.38. The van der Waals surface area contributed by atoms with E-state index in [0.717, 1.165) is 58.1 Å². The van der Waals surface area contributed by atoms with E-state index in [1.54, 1.807) is 11.8 Å². The van der Waals surface area contributed by atoms with E-state index in [1.807, 2.05) is 9.80 Å². The van der Waals surface area contributed by atoms with Gasteiger partial charge in [0, 0.05) is 58.1 Å². The Hall–Kier alpha value is 0.290. The Morgan fingerprint density at radius 2 is 1.10 bits per heavy atom. The van der Waals surface area contributed by atoms with Crippen LogP contribution in [0.3, 0.4) is 0 Å². The molecule has 0 saturated carbocycles. The summed E-state index contributed by atoms with van der Waals surface area (Å²) in [4.78, 5) is 32.8. The third-order valence-electron chi connectivity index (χ3n) is 5.13. The number of rotatable bonds is 7. The minimum atomic E-state index is -0.479. The number of hydrogen-bond donors (Lipinski definition) is 2. The first-order valence-electron chi connectivity index (χ1n) is 9.42. The Kier molecular flexibility index (Phi) is 20.7. The summed E-state index contributed by atoms with van der Waals surface area (Å²) >= 11 is 1.61. The first-order chi connectivity index (χ1) is 12.4.